The summed E-state index contributed by atoms with van der Waals surface area (Å²) in [4.78, 5) is 22.6. The van der Waals surface area contributed by atoms with Gasteiger partial charge in [-0.25, -0.2) is 9.78 Å². The first-order valence-electron chi connectivity index (χ1n) is 11.3. The van der Waals surface area contributed by atoms with Crippen LogP contribution in [0.1, 0.15) is 92.9 Å². The van der Waals surface area contributed by atoms with Gasteiger partial charge in [0.15, 0.2) is 0 Å². The van der Waals surface area contributed by atoms with E-state index in [-0.39, 0.29) is 11.7 Å². The van der Waals surface area contributed by atoms with Crippen molar-refractivity contribution in [3.8, 4) is 0 Å². The molecule has 1 aliphatic heterocycles. The highest BCUT2D eigenvalue weighted by Gasteiger charge is 2.53. The molecule has 0 aromatic rings. The molecule has 0 aromatic carbocycles. The Bertz CT molecular complexity index is 618. The van der Waals surface area contributed by atoms with Crippen molar-refractivity contribution in [3.05, 3.63) is 11.6 Å². The van der Waals surface area contributed by atoms with E-state index in [4.69, 9.17) is 9.78 Å². The molecule has 2 fully saturated rings. The van der Waals surface area contributed by atoms with Crippen molar-refractivity contribution < 1.29 is 19.7 Å². The first kappa shape index (κ1) is 21.8. The molecule has 7 atom stereocenters. The number of aliphatic carboxylic acids is 1. The Morgan fingerprint density at radius 1 is 1.21 bits per heavy atom. The van der Waals surface area contributed by atoms with E-state index in [0.717, 1.165) is 31.6 Å². The van der Waals surface area contributed by atoms with E-state index >= 15 is 0 Å². The Kier molecular flexibility index (Phi) is 6.05. The molecular weight excluding hydrogens is 352 g/mol. The summed E-state index contributed by atoms with van der Waals surface area (Å²) in [6.45, 7) is 13.6. The summed E-state index contributed by atoms with van der Waals surface area (Å²) < 4.78 is 0. The Morgan fingerprint density at radius 3 is 2.54 bits per heavy atom. The quantitative estimate of drug-likeness (QED) is 0.450. The first-order valence-corrected chi connectivity index (χ1v) is 11.3. The number of allylic oxidation sites excluding steroid dienone is 2. The van der Waals surface area contributed by atoms with Crippen LogP contribution >= 0.6 is 0 Å². The van der Waals surface area contributed by atoms with Gasteiger partial charge in [0, 0.05) is 0 Å². The predicted octanol–water partition coefficient (Wildman–Crippen LogP) is 6.16. The molecule has 0 aromatic heterocycles. The number of hydrogen-bond acceptors (Lipinski definition) is 3. The molecule has 3 aliphatic rings. The largest absolute Gasteiger partial charge is 0.481 e. The van der Waals surface area contributed by atoms with Gasteiger partial charge in [-0.2, -0.15) is 0 Å². The van der Waals surface area contributed by atoms with Crippen molar-refractivity contribution in [2.45, 2.75) is 105 Å². The normalized spacial score (nSPS) is 45.1. The van der Waals surface area contributed by atoms with Crippen molar-refractivity contribution >= 4 is 5.97 Å². The van der Waals surface area contributed by atoms with Gasteiger partial charge in [0.1, 0.15) is 11.7 Å². The Balaban J connectivity index is 1.67. The van der Waals surface area contributed by atoms with Gasteiger partial charge in [0.05, 0.1) is 5.92 Å². The van der Waals surface area contributed by atoms with Crippen LogP contribution in [0.25, 0.3) is 0 Å². The molecule has 1 saturated heterocycles. The molecule has 0 radical (unpaired) electrons. The fraction of sp³-hybridized carbons (Fsp3) is 0.875. The summed E-state index contributed by atoms with van der Waals surface area (Å²) in [6, 6.07) is 0. The number of fused-ring (bicyclic) bond motifs is 1. The second-order valence-corrected chi connectivity index (χ2v) is 10.7. The highest BCUT2D eigenvalue weighted by atomic mass is 17.2. The third-order valence-corrected chi connectivity index (χ3v) is 9.06. The topological polar surface area (TPSA) is 55.8 Å². The minimum atomic E-state index is -0.819. The molecular formula is C24H40O4. The second kappa shape index (κ2) is 7.75. The lowest BCUT2D eigenvalue weighted by Gasteiger charge is -2.58. The summed E-state index contributed by atoms with van der Waals surface area (Å²) in [5.41, 5.74) is 1.92. The average molecular weight is 393 g/mol. The molecule has 4 heteroatoms. The second-order valence-electron chi connectivity index (χ2n) is 10.7. The van der Waals surface area contributed by atoms with Gasteiger partial charge in [-0.1, -0.05) is 32.4 Å². The van der Waals surface area contributed by atoms with E-state index in [9.17, 15) is 9.90 Å². The van der Waals surface area contributed by atoms with Crippen LogP contribution in [0.3, 0.4) is 0 Å². The minimum absolute atomic E-state index is 0.306. The molecule has 3 rings (SSSR count). The van der Waals surface area contributed by atoms with Gasteiger partial charge in [-0.15, -0.1) is 0 Å². The molecule has 2 aliphatic carbocycles. The number of carboxylic acids is 1. The molecule has 0 spiro atoms. The lowest BCUT2D eigenvalue weighted by molar-refractivity contribution is -0.412. The summed E-state index contributed by atoms with van der Waals surface area (Å²) in [5, 5.41) is 9.22. The monoisotopic (exact) mass is 392 g/mol. The maximum Gasteiger partial charge on any atom is 0.308 e. The maximum absolute atomic E-state index is 11.2. The fourth-order valence-electron chi connectivity index (χ4n) is 6.24. The lowest BCUT2D eigenvalue weighted by Crippen LogP contribution is -2.50. The number of rotatable bonds is 5. The molecule has 0 amide bonds. The first-order chi connectivity index (χ1) is 13.0. The van der Waals surface area contributed by atoms with Crippen LogP contribution in [0.5, 0.6) is 0 Å². The third-order valence-electron chi connectivity index (χ3n) is 9.06. The predicted molar refractivity (Wildman–Crippen MR) is 111 cm³/mol. The van der Waals surface area contributed by atoms with Gasteiger partial charge < -0.3 is 5.11 Å². The van der Waals surface area contributed by atoms with Crippen LogP contribution in [0.2, 0.25) is 0 Å². The number of carbonyl (C=O) groups is 1. The van der Waals surface area contributed by atoms with E-state index in [1.54, 1.807) is 12.5 Å². The van der Waals surface area contributed by atoms with Crippen molar-refractivity contribution in [1.82, 2.24) is 0 Å². The van der Waals surface area contributed by atoms with E-state index in [0.29, 0.717) is 16.7 Å². The Labute approximate surface area is 171 Å². The maximum atomic E-state index is 11.2. The number of hydrogen-bond donors (Lipinski definition) is 1. The van der Waals surface area contributed by atoms with Crippen molar-refractivity contribution in [1.29, 1.82) is 0 Å². The lowest BCUT2D eigenvalue weighted by atomic mass is 9.47. The van der Waals surface area contributed by atoms with Crippen LogP contribution in [0.4, 0.5) is 0 Å². The van der Waals surface area contributed by atoms with Gasteiger partial charge in [0.2, 0.25) is 0 Å². The molecule has 1 heterocycles. The van der Waals surface area contributed by atoms with Crippen molar-refractivity contribution in [2.75, 3.05) is 0 Å². The molecule has 0 bridgehead atoms. The zero-order valence-electron chi connectivity index (χ0n) is 18.7. The highest BCUT2D eigenvalue weighted by Crippen LogP contribution is 2.62. The summed E-state index contributed by atoms with van der Waals surface area (Å²) in [5.74, 6) is 0.0879. The van der Waals surface area contributed by atoms with Gasteiger partial charge in [-0.3, -0.25) is 4.79 Å². The van der Waals surface area contributed by atoms with Gasteiger partial charge >= 0.3 is 5.97 Å². The zero-order valence-corrected chi connectivity index (χ0v) is 18.7. The van der Waals surface area contributed by atoms with Crippen LogP contribution in [-0.2, 0) is 14.6 Å². The Morgan fingerprint density at radius 2 is 1.93 bits per heavy atom. The van der Waals surface area contributed by atoms with E-state index in [1.807, 2.05) is 0 Å². The van der Waals surface area contributed by atoms with Crippen LogP contribution in [0, 0.1) is 28.6 Å². The van der Waals surface area contributed by atoms with Gasteiger partial charge in [0.25, 0.3) is 0 Å². The van der Waals surface area contributed by atoms with Crippen molar-refractivity contribution in [3.63, 3.8) is 0 Å². The van der Waals surface area contributed by atoms with E-state index in [1.165, 1.54) is 25.7 Å². The zero-order chi connectivity index (χ0) is 20.7. The summed E-state index contributed by atoms with van der Waals surface area (Å²) in [6.07, 6.45) is 10.9. The standard InChI is InChI=1S/C24H40O4/c1-16-8-7-9-20-23(16,5)13-10-17(2)24(20,6)15-14-22(4)12-11-19(27-28-22)18(3)21(25)26/h8,17-20H,7,9-15H2,1-6H3,(H,25,26). The van der Waals surface area contributed by atoms with Crippen LogP contribution in [0.15, 0.2) is 11.6 Å². The van der Waals surface area contributed by atoms with E-state index in [2.05, 4.69) is 40.7 Å². The van der Waals surface area contributed by atoms with Crippen molar-refractivity contribution in [2.24, 2.45) is 28.6 Å². The smallest absolute Gasteiger partial charge is 0.308 e. The fourth-order valence-corrected chi connectivity index (χ4v) is 6.24. The van der Waals surface area contributed by atoms with E-state index < -0.39 is 11.9 Å². The summed E-state index contributed by atoms with van der Waals surface area (Å²) in [7, 11) is 0. The molecule has 7 unspecified atom stereocenters. The number of carboxylic acid groups (broad SMARTS) is 1. The molecule has 4 nitrogen and oxygen atoms in total. The molecule has 1 N–H and O–H groups in total. The molecule has 1 saturated carbocycles. The average Bonchev–Trinajstić information content (AvgIpc) is 2.66. The molecule has 160 valence electrons. The molecule has 28 heavy (non-hydrogen) atoms. The highest BCUT2D eigenvalue weighted by molar-refractivity contribution is 5.70. The van der Waals surface area contributed by atoms with Gasteiger partial charge in [-0.05, 0) is 94.8 Å². The summed E-state index contributed by atoms with van der Waals surface area (Å²) >= 11 is 0. The minimum Gasteiger partial charge on any atom is -0.481 e. The third kappa shape index (κ3) is 3.79. The van der Waals surface area contributed by atoms with Crippen LogP contribution < -0.4 is 0 Å². The SMILES string of the molecule is CC1=CCCC2C1(C)CCC(C)C2(C)CCC1(C)CCC(C(C)C(=O)O)OO1. The van der Waals surface area contributed by atoms with Crippen LogP contribution in [-0.4, -0.2) is 22.8 Å². The Hall–Kier alpha value is -0.870.